The summed E-state index contributed by atoms with van der Waals surface area (Å²) in [5.74, 6) is 0.788. The average Bonchev–Trinajstić information content (AvgIpc) is 2.73. The highest BCUT2D eigenvalue weighted by Gasteiger charge is 2.08. The third-order valence-electron chi connectivity index (χ3n) is 2.28. The molecule has 0 saturated carbocycles. The zero-order valence-electron chi connectivity index (χ0n) is 8.28. The molecule has 0 aliphatic heterocycles. The molecule has 3 heterocycles. The summed E-state index contributed by atoms with van der Waals surface area (Å²) in [6, 6.07) is 8.85. The van der Waals surface area contributed by atoms with E-state index in [1.807, 2.05) is 18.2 Å². The quantitative estimate of drug-likeness (QED) is 0.663. The van der Waals surface area contributed by atoms with E-state index in [0.29, 0.717) is 11.5 Å². The first-order valence-electron chi connectivity index (χ1n) is 4.80. The lowest BCUT2D eigenvalue weighted by molar-refractivity contribution is 0.472. The van der Waals surface area contributed by atoms with Gasteiger partial charge in [-0.2, -0.15) is 0 Å². The first kappa shape index (κ1) is 8.84. The Morgan fingerprint density at radius 3 is 2.81 bits per heavy atom. The van der Waals surface area contributed by atoms with Crippen molar-refractivity contribution in [1.29, 1.82) is 0 Å². The molecule has 0 saturated heterocycles. The van der Waals surface area contributed by atoms with Crippen LogP contribution in [0.15, 0.2) is 42.7 Å². The van der Waals surface area contributed by atoms with E-state index in [9.17, 15) is 5.11 Å². The molecule has 0 spiro atoms. The Morgan fingerprint density at radius 2 is 2.00 bits per heavy atom. The highest BCUT2D eigenvalue weighted by molar-refractivity contribution is 5.55. The first-order chi connectivity index (χ1) is 7.84. The molecule has 3 aromatic rings. The van der Waals surface area contributed by atoms with E-state index in [2.05, 4.69) is 15.2 Å². The van der Waals surface area contributed by atoms with Crippen molar-refractivity contribution in [2.24, 2.45) is 0 Å². The fourth-order valence-corrected chi connectivity index (χ4v) is 1.55. The Morgan fingerprint density at radius 1 is 1.06 bits per heavy atom. The summed E-state index contributed by atoms with van der Waals surface area (Å²) in [6.45, 7) is 0. The normalized spacial score (nSPS) is 10.8. The van der Waals surface area contributed by atoms with Crippen LogP contribution in [-0.4, -0.2) is 24.7 Å². The van der Waals surface area contributed by atoms with Gasteiger partial charge in [0.25, 0.3) is 0 Å². The zero-order valence-corrected chi connectivity index (χ0v) is 8.28. The molecule has 1 N–H and O–H groups in total. The van der Waals surface area contributed by atoms with Gasteiger partial charge in [-0.25, -0.2) is 0 Å². The lowest BCUT2D eigenvalue weighted by Crippen LogP contribution is -1.90. The Bertz CT molecular complexity index is 633. The van der Waals surface area contributed by atoms with Gasteiger partial charge in [-0.05, 0) is 24.3 Å². The van der Waals surface area contributed by atoms with E-state index >= 15 is 0 Å². The number of pyridine rings is 2. The molecule has 3 rings (SSSR count). The molecule has 16 heavy (non-hydrogen) atoms. The van der Waals surface area contributed by atoms with E-state index in [0.717, 1.165) is 5.69 Å². The van der Waals surface area contributed by atoms with Gasteiger partial charge in [-0.3, -0.25) is 9.38 Å². The van der Waals surface area contributed by atoms with Crippen molar-refractivity contribution < 1.29 is 5.11 Å². The molecule has 5 nitrogen and oxygen atoms in total. The minimum atomic E-state index is 0.171. The number of hydrogen-bond donors (Lipinski definition) is 1. The van der Waals surface area contributed by atoms with Crippen LogP contribution in [0.25, 0.3) is 17.2 Å². The molecule has 0 radical (unpaired) electrons. The first-order valence-corrected chi connectivity index (χ1v) is 4.80. The minimum Gasteiger partial charge on any atom is -0.506 e. The molecule has 0 amide bonds. The van der Waals surface area contributed by atoms with Crippen molar-refractivity contribution in [3.63, 3.8) is 0 Å². The summed E-state index contributed by atoms with van der Waals surface area (Å²) in [5, 5.41) is 17.5. The fraction of sp³-hybridized carbons (Fsp3) is 0. The maximum Gasteiger partial charge on any atom is 0.187 e. The highest BCUT2D eigenvalue weighted by atomic mass is 16.3. The fourth-order valence-electron chi connectivity index (χ4n) is 1.55. The second-order valence-corrected chi connectivity index (χ2v) is 3.35. The smallest absolute Gasteiger partial charge is 0.187 e. The molecule has 0 unspecified atom stereocenters. The maximum absolute atomic E-state index is 9.42. The van der Waals surface area contributed by atoms with Gasteiger partial charge in [-0.15, -0.1) is 10.2 Å². The molecule has 0 aromatic carbocycles. The van der Waals surface area contributed by atoms with E-state index in [1.54, 1.807) is 28.9 Å². The number of nitrogens with zero attached hydrogens (tertiary/aromatic N) is 4. The second kappa shape index (κ2) is 3.30. The van der Waals surface area contributed by atoms with Crippen molar-refractivity contribution in [3.05, 3.63) is 42.7 Å². The molecular formula is C11H8N4O. The average molecular weight is 212 g/mol. The van der Waals surface area contributed by atoms with E-state index in [4.69, 9.17) is 0 Å². The molecule has 0 aliphatic carbocycles. The molecule has 0 bridgehead atoms. The SMILES string of the molecule is Oc1ccc2nnc(-c3ccccn3)n2c1. The van der Waals surface area contributed by atoms with Crippen LogP contribution in [0, 0.1) is 0 Å². The molecule has 0 aliphatic rings. The highest BCUT2D eigenvalue weighted by Crippen LogP contribution is 2.18. The summed E-state index contributed by atoms with van der Waals surface area (Å²) in [4.78, 5) is 4.20. The van der Waals surface area contributed by atoms with E-state index < -0.39 is 0 Å². The van der Waals surface area contributed by atoms with E-state index in [1.165, 1.54) is 0 Å². The predicted molar refractivity (Wildman–Crippen MR) is 57.9 cm³/mol. The molecule has 3 aromatic heterocycles. The lowest BCUT2D eigenvalue weighted by Gasteiger charge is -1.98. The summed E-state index contributed by atoms with van der Waals surface area (Å²) in [5.41, 5.74) is 1.40. The maximum atomic E-state index is 9.42. The summed E-state index contributed by atoms with van der Waals surface area (Å²) in [7, 11) is 0. The molecule has 78 valence electrons. The van der Waals surface area contributed by atoms with Crippen LogP contribution in [0.5, 0.6) is 5.75 Å². The van der Waals surface area contributed by atoms with Crippen molar-refractivity contribution >= 4 is 5.65 Å². The Hall–Kier alpha value is -2.43. The molecular weight excluding hydrogens is 204 g/mol. The summed E-state index contributed by atoms with van der Waals surface area (Å²) < 4.78 is 1.71. The van der Waals surface area contributed by atoms with Gasteiger partial charge in [0.15, 0.2) is 11.5 Å². The van der Waals surface area contributed by atoms with E-state index in [-0.39, 0.29) is 5.75 Å². The van der Waals surface area contributed by atoms with Gasteiger partial charge in [-0.1, -0.05) is 6.07 Å². The van der Waals surface area contributed by atoms with Crippen LogP contribution in [0.3, 0.4) is 0 Å². The largest absolute Gasteiger partial charge is 0.506 e. The van der Waals surface area contributed by atoms with Crippen molar-refractivity contribution in [3.8, 4) is 17.3 Å². The van der Waals surface area contributed by atoms with Crippen LogP contribution in [0.4, 0.5) is 0 Å². The Labute approximate surface area is 91.0 Å². The number of aromatic nitrogens is 4. The number of rotatable bonds is 1. The van der Waals surface area contributed by atoms with Gasteiger partial charge in [0.2, 0.25) is 0 Å². The van der Waals surface area contributed by atoms with Gasteiger partial charge in [0.1, 0.15) is 11.4 Å². The van der Waals surface area contributed by atoms with Crippen molar-refractivity contribution in [1.82, 2.24) is 19.6 Å². The lowest BCUT2D eigenvalue weighted by atomic mass is 10.3. The summed E-state index contributed by atoms with van der Waals surface area (Å²) >= 11 is 0. The topological polar surface area (TPSA) is 63.3 Å². The van der Waals surface area contributed by atoms with Crippen molar-refractivity contribution in [2.75, 3.05) is 0 Å². The molecule has 5 heteroatoms. The van der Waals surface area contributed by atoms with Gasteiger partial charge < -0.3 is 5.11 Å². The van der Waals surface area contributed by atoms with Crippen LogP contribution >= 0.6 is 0 Å². The number of aromatic hydroxyl groups is 1. The van der Waals surface area contributed by atoms with Gasteiger partial charge >= 0.3 is 0 Å². The zero-order chi connectivity index (χ0) is 11.0. The van der Waals surface area contributed by atoms with Crippen LogP contribution in [0.2, 0.25) is 0 Å². The molecule has 0 atom stereocenters. The van der Waals surface area contributed by atoms with Gasteiger partial charge in [0, 0.05) is 6.20 Å². The van der Waals surface area contributed by atoms with Crippen LogP contribution in [0.1, 0.15) is 0 Å². The van der Waals surface area contributed by atoms with Crippen LogP contribution in [-0.2, 0) is 0 Å². The predicted octanol–water partition coefficient (Wildman–Crippen LogP) is 1.50. The van der Waals surface area contributed by atoms with Gasteiger partial charge in [0.05, 0.1) is 6.20 Å². The summed E-state index contributed by atoms with van der Waals surface area (Å²) in [6.07, 6.45) is 3.26. The Kier molecular flexibility index (Phi) is 1.83. The number of hydrogen-bond acceptors (Lipinski definition) is 4. The third-order valence-corrected chi connectivity index (χ3v) is 2.28. The second-order valence-electron chi connectivity index (χ2n) is 3.35. The number of fused-ring (bicyclic) bond motifs is 1. The standard InChI is InChI=1S/C11H8N4O/c16-8-4-5-10-13-14-11(15(10)7-8)9-3-1-2-6-12-9/h1-7,16H. The third kappa shape index (κ3) is 1.30. The molecule has 0 fully saturated rings. The van der Waals surface area contributed by atoms with Crippen LogP contribution < -0.4 is 0 Å². The monoisotopic (exact) mass is 212 g/mol. The minimum absolute atomic E-state index is 0.171. The van der Waals surface area contributed by atoms with Crippen molar-refractivity contribution in [2.45, 2.75) is 0 Å². The Balaban J connectivity index is 2.29.